The van der Waals surface area contributed by atoms with E-state index in [0.29, 0.717) is 5.92 Å². The van der Waals surface area contributed by atoms with Crippen LogP contribution in [0.25, 0.3) is 0 Å². The van der Waals surface area contributed by atoms with E-state index in [4.69, 9.17) is 5.11 Å². The van der Waals surface area contributed by atoms with Crippen LogP contribution in [0.1, 0.15) is 20.8 Å². The van der Waals surface area contributed by atoms with Crippen molar-refractivity contribution in [2.45, 2.75) is 26.8 Å². The van der Waals surface area contributed by atoms with Gasteiger partial charge in [0.1, 0.15) is 0 Å². The third-order valence-corrected chi connectivity index (χ3v) is 1.47. The van der Waals surface area contributed by atoms with Gasteiger partial charge in [-0.05, 0) is 12.5 Å². The first-order valence-electron chi connectivity index (χ1n) is 3.56. The second-order valence-electron chi connectivity index (χ2n) is 2.59. The fraction of sp³-hybridized carbons (Fsp3) is 1.00. The number of rotatable bonds is 4. The minimum Gasteiger partial charge on any atom is -0.395 e. The molecule has 0 saturated carbocycles. The van der Waals surface area contributed by atoms with E-state index in [1.54, 1.807) is 0 Å². The van der Waals surface area contributed by atoms with Gasteiger partial charge in [0, 0.05) is 6.04 Å². The summed E-state index contributed by atoms with van der Waals surface area (Å²) in [6.07, 6.45) is 0. The van der Waals surface area contributed by atoms with E-state index in [9.17, 15) is 0 Å². The number of aliphatic hydroxyl groups is 1. The maximum absolute atomic E-state index is 8.77. The second kappa shape index (κ2) is 4.77. The van der Waals surface area contributed by atoms with Gasteiger partial charge in [-0.1, -0.05) is 20.8 Å². The number of nitrogens with one attached hydrogen (secondary N) is 1. The van der Waals surface area contributed by atoms with Crippen LogP contribution in [0.5, 0.6) is 0 Å². The molecule has 0 bridgehead atoms. The normalized spacial score (nSPS) is 14.3. The Labute approximate surface area is 57.3 Å². The van der Waals surface area contributed by atoms with Gasteiger partial charge in [0.25, 0.3) is 0 Å². The van der Waals surface area contributed by atoms with Gasteiger partial charge in [-0.3, -0.25) is 0 Å². The number of hydrogen-bond donors (Lipinski definition) is 2. The summed E-state index contributed by atoms with van der Waals surface area (Å²) in [5.74, 6) is 0.523. The summed E-state index contributed by atoms with van der Waals surface area (Å²) < 4.78 is 0. The summed E-state index contributed by atoms with van der Waals surface area (Å²) >= 11 is 0. The van der Waals surface area contributed by atoms with Gasteiger partial charge in [-0.2, -0.15) is 0 Å². The Balaban J connectivity index is 3.41. The fourth-order valence-electron chi connectivity index (χ4n) is 0.773. The number of likely N-dealkylation sites (N-methyl/N-ethyl adjacent to an activating group) is 1. The van der Waals surface area contributed by atoms with Crippen LogP contribution in [-0.4, -0.2) is 24.3 Å². The molecule has 2 nitrogen and oxygen atoms in total. The van der Waals surface area contributed by atoms with Gasteiger partial charge in [0.2, 0.25) is 0 Å². The highest BCUT2D eigenvalue weighted by Crippen LogP contribution is 1.98. The van der Waals surface area contributed by atoms with E-state index in [1.807, 2.05) is 6.92 Å². The molecule has 56 valence electrons. The van der Waals surface area contributed by atoms with Gasteiger partial charge in [-0.25, -0.2) is 0 Å². The summed E-state index contributed by atoms with van der Waals surface area (Å²) in [4.78, 5) is 0. The van der Waals surface area contributed by atoms with Gasteiger partial charge < -0.3 is 10.4 Å². The molecule has 0 aliphatic carbocycles. The first-order valence-corrected chi connectivity index (χ1v) is 3.56. The van der Waals surface area contributed by atoms with Crippen molar-refractivity contribution in [1.82, 2.24) is 5.32 Å². The van der Waals surface area contributed by atoms with Crippen LogP contribution in [0.3, 0.4) is 0 Å². The molecule has 0 saturated heterocycles. The first-order chi connectivity index (χ1) is 4.22. The molecule has 0 amide bonds. The monoisotopic (exact) mass is 131 g/mol. The van der Waals surface area contributed by atoms with Crippen LogP contribution in [0.2, 0.25) is 0 Å². The topological polar surface area (TPSA) is 32.3 Å². The lowest BCUT2D eigenvalue weighted by Crippen LogP contribution is -2.36. The highest BCUT2D eigenvalue weighted by molar-refractivity contribution is 4.67. The zero-order valence-corrected chi connectivity index (χ0v) is 6.52. The third-order valence-electron chi connectivity index (χ3n) is 1.47. The molecule has 0 aliphatic rings. The molecule has 0 aromatic carbocycles. The van der Waals surface area contributed by atoms with Crippen LogP contribution in [-0.2, 0) is 0 Å². The van der Waals surface area contributed by atoms with E-state index in [1.165, 1.54) is 0 Å². The van der Waals surface area contributed by atoms with E-state index in [0.717, 1.165) is 6.54 Å². The molecule has 0 aromatic heterocycles. The Kier molecular flexibility index (Phi) is 4.72. The summed E-state index contributed by atoms with van der Waals surface area (Å²) in [5.41, 5.74) is 0. The molecule has 0 radical (unpaired) electrons. The lowest BCUT2D eigenvalue weighted by atomic mass is 10.1. The predicted molar refractivity (Wildman–Crippen MR) is 39.4 cm³/mol. The van der Waals surface area contributed by atoms with E-state index in [-0.39, 0.29) is 12.6 Å². The van der Waals surface area contributed by atoms with Crippen molar-refractivity contribution >= 4 is 0 Å². The predicted octanol–water partition coefficient (Wildman–Crippen LogP) is 0.613. The average Bonchev–Trinajstić information content (AvgIpc) is 1.82. The van der Waals surface area contributed by atoms with Crippen LogP contribution in [0.15, 0.2) is 0 Å². The minimum atomic E-state index is 0.242. The summed E-state index contributed by atoms with van der Waals surface area (Å²) in [7, 11) is 0. The first kappa shape index (κ1) is 8.92. The molecule has 0 spiro atoms. The molecular formula is C7H17NO. The van der Waals surface area contributed by atoms with Crippen molar-refractivity contribution in [2.75, 3.05) is 13.2 Å². The summed E-state index contributed by atoms with van der Waals surface area (Å²) in [6, 6.07) is 0.273. The quantitative estimate of drug-likeness (QED) is 0.586. The molecule has 0 rings (SSSR count). The molecule has 0 aliphatic heterocycles. The number of hydrogen-bond acceptors (Lipinski definition) is 2. The zero-order chi connectivity index (χ0) is 7.28. The Morgan fingerprint density at radius 3 is 2.11 bits per heavy atom. The molecule has 0 aromatic rings. The summed E-state index contributed by atoms with van der Waals surface area (Å²) in [6.45, 7) is 7.42. The van der Waals surface area contributed by atoms with Gasteiger partial charge >= 0.3 is 0 Å². The van der Waals surface area contributed by atoms with Crippen molar-refractivity contribution in [1.29, 1.82) is 0 Å². The second-order valence-corrected chi connectivity index (χ2v) is 2.59. The van der Waals surface area contributed by atoms with Gasteiger partial charge in [0.05, 0.1) is 6.61 Å². The maximum atomic E-state index is 8.77. The van der Waals surface area contributed by atoms with E-state index >= 15 is 0 Å². The molecule has 0 fully saturated rings. The molecular weight excluding hydrogens is 114 g/mol. The SMILES string of the molecule is CCN[C@H](CO)C(C)C. The van der Waals surface area contributed by atoms with Crippen LogP contribution in [0, 0.1) is 5.92 Å². The third kappa shape index (κ3) is 3.49. The Bertz CT molecular complexity index is 63.9. The average molecular weight is 131 g/mol. The van der Waals surface area contributed by atoms with Crippen LogP contribution >= 0.6 is 0 Å². The Morgan fingerprint density at radius 2 is 2.00 bits per heavy atom. The van der Waals surface area contributed by atoms with Crippen molar-refractivity contribution in [3.05, 3.63) is 0 Å². The van der Waals surface area contributed by atoms with Crippen molar-refractivity contribution in [3.63, 3.8) is 0 Å². The lowest BCUT2D eigenvalue weighted by Gasteiger charge is -2.18. The van der Waals surface area contributed by atoms with Crippen LogP contribution < -0.4 is 5.32 Å². The number of aliphatic hydroxyl groups excluding tert-OH is 1. The molecule has 2 heteroatoms. The highest BCUT2D eigenvalue weighted by atomic mass is 16.3. The van der Waals surface area contributed by atoms with Crippen molar-refractivity contribution < 1.29 is 5.11 Å². The Hall–Kier alpha value is -0.0800. The van der Waals surface area contributed by atoms with Crippen molar-refractivity contribution in [3.8, 4) is 0 Å². The van der Waals surface area contributed by atoms with Crippen molar-refractivity contribution in [2.24, 2.45) is 5.92 Å². The minimum absolute atomic E-state index is 0.242. The largest absolute Gasteiger partial charge is 0.395 e. The zero-order valence-electron chi connectivity index (χ0n) is 6.52. The van der Waals surface area contributed by atoms with Gasteiger partial charge in [-0.15, -0.1) is 0 Å². The standard InChI is InChI=1S/C7H17NO/c1-4-8-7(5-9)6(2)3/h6-9H,4-5H2,1-3H3/t7-/m1/s1. The van der Waals surface area contributed by atoms with Crippen LogP contribution in [0.4, 0.5) is 0 Å². The Morgan fingerprint density at radius 1 is 1.44 bits per heavy atom. The molecule has 9 heavy (non-hydrogen) atoms. The lowest BCUT2D eigenvalue weighted by molar-refractivity contribution is 0.213. The van der Waals surface area contributed by atoms with E-state index < -0.39 is 0 Å². The molecule has 0 unspecified atom stereocenters. The molecule has 1 atom stereocenters. The van der Waals surface area contributed by atoms with E-state index in [2.05, 4.69) is 19.2 Å². The highest BCUT2D eigenvalue weighted by Gasteiger charge is 2.08. The smallest absolute Gasteiger partial charge is 0.0587 e. The fourth-order valence-corrected chi connectivity index (χ4v) is 0.773. The van der Waals surface area contributed by atoms with Gasteiger partial charge in [0.15, 0.2) is 0 Å². The molecule has 0 heterocycles. The maximum Gasteiger partial charge on any atom is 0.0587 e. The summed E-state index contributed by atoms with van der Waals surface area (Å²) in [5, 5.41) is 11.9. The molecule has 2 N–H and O–H groups in total.